The molecule has 0 atom stereocenters. The zero-order valence-electron chi connectivity index (χ0n) is 19.3. The lowest BCUT2D eigenvalue weighted by molar-refractivity contribution is 0.0890. The lowest BCUT2D eigenvalue weighted by Crippen LogP contribution is -2.23. The van der Waals surface area contributed by atoms with Crippen molar-refractivity contribution in [2.45, 2.75) is 71.3 Å². The van der Waals surface area contributed by atoms with Gasteiger partial charge in [0.05, 0.1) is 11.7 Å². The Morgan fingerprint density at radius 3 is 2.66 bits per heavy atom. The Kier molecular flexibility index (Phi) is 6.63. The van der Waals surface area contributed by atoms with Crippen LogP contribution in [0.25, 0.3) is 27.7 Å². The van der Waals surface area contributed by atoms with Crippen molar-refractivity contribution >= 4 is 28.2 Å². The van der Waals surface area contributed by atoms with E-state index in [1.807, 2.05) is 30.7 Å². The summed E-state index contributed by atoms with van der Waals surface area (Å²) in [6.45, 7) is 7.98. The molecule has 2 aliphatic rings. The summed E-state index contributed by atoms with van der Waals surface area (Å²) in [6, 6.07) is 8.85. The molecule has 5 nitrogen and oxygen atoms in total. The van der Waals surface area contributed by atoms with Crippen LogP contribution in [-0.2, 0) is 6.42 Å². The quantitative estimate of drug-likeness (QED) is 0.504. The molecule has 0 amide bonds. The molecule has 0 saturated heterocycles. The first-order valence-corrected chi connectivity index (χ1v) is 12.0. The van der Waals surface area contributed by atoms with Gasteiger partial charge in [0, 0.05) is 52.3 Å². The van der Waals surface area contributed by atoms with E-state index in [2.05, 4.69) is 35.1 Å². The molecule has 5 heteroatoms. The van der Waals surface area contributed by atoms with E-state index in [1.165, 1.54) is 32.1 Å². The van der Waals surface area contributed by atoms with Crippen LogP contribution < -0.4 is 11.1 Å². The molecule has 0 radical (unpaired) electrons. The zero-order valence-corrected chi connectivity index (χ0v) is 19.3. The summed E-state index contributed by atoms with van der Waals surface area (Å²) in [7, 11) is 0. The number of hydrogen-bond donors (Lipinski definition) is 2. The summed E-state index contributed by atoms with van der Waals surface area (Å²) < 4.78 is 1.88. The number of pyridine rings is 1. The van der Waals surface area contributed by atoms with Crippen molar-refractivity contribution in [3.05, 3.63) is 54.5 Å². The van der Waals surface area contributed by atoms with Crippen LogP contribution in [0.3, 0.4) is 0 Å². The van der Waals surface area contributed by atoms with E-state index >= 15 is 0 Å². The van der Waals surface area contributed by atoms with Gasteiger partial charge < -0.3 is 11.1 Å². The third-order valence-corrected chi connectivity index (χ3v) is 6.54. The van der Waals surface area contributed by atoms with Gasteiger partial charge in [0.25, 0.3) is 0 Å². The number of carbonyl (C=O) groups excluding carboxylic acids is 1. The minimum Gasteiger partial charge on any atom is -0.399 e. The Bertz CT molecular complexity index is 1140. The maximum Gasteiger partial charge on any atom is 0.231 e. The van der Waals surface area contributed by atoms with Gasteiger partial charge in [-0.2, -0.15) is 0 Å². The lowest BCUT2D eigenvalue weighted by Gasteiger charge is -2.26. The van der Waals surface area contributed by atoms with E-state index in [1.54, 1.807) is 6.20 Å². The van der Waals surface area contributed by atoms with Crippen molar-refractivity contribution in [1.29, 1.82) is 0 Å². The highest BCUT2D eigenvalue weighted by Gasteiger charge is 2.26. The molecule has 1 aromatic carbocycles. The highest BCUT2D eigenvalue weighted by molar-refractivity contribution is 6.04. The maximum atomic E-state index is 12.7. The highest BCUT2D eigenvalue weighted by atomic mass is 16.2. The van der Waals surface area contributed by atoms with Crippen LogP contribution in [0, 0.1) is 0 Å². The predicted molar refractivity (Wildman–Crippen MR) is 134 cm³/mol. The van der Waals surface area contributed by atoms with E-state index in [9.17, 15) is 4.79 Å². The first kappa shape index (κ1) is 22.1. The molecule has 3 N–H and O–H groups in total. The van der Waals surface area contributed by atoms with E-state index in [0.29, 0.717) is 18.2 Å². The fourth-order valence-corrected chi connectivity index (χ4v) is 5.12. The first-order chi connectivity index (χ1) is 15.6. The molecule has 1 saturated carbocycles. The molecule has 0 spiro atoms. The van der Waals surface area contributed by atoms with E-state index in [0.717, 1.165) is 51.8 Å². The van der Waals surface area contributed by atoms with E-state index < -0.39 is 0 Å². The molecular formula is C27H34N4O. The van der Waals surface area contributed by atoms with Crippen molar-refractivity contribution in [2.24, 2.45) is 5.73 Å². The molecule has 1 aliphatic heterocycles. The van der Waals surface area contributed by atoms with Crippen molar-refractivity contribution in [2.75, 3.05) is 5.32 Å². The number of nitrogens with two attached hydrogens (primary N) is 1. The third-order valence-electron chi connectivity index (χ3n) is 6.54. The highest BCUT2D eigenvalue weighted by Crippen LogP contribution is 2.39. The number of carbonyl (C=O) groups is 1. The molecule has 32 heavy (non-hydrogen) atoms. The van der Waals surface area contributed by atoms with Gasteiger partial charge in [-0.05, 0) is 43.4 Å². The Morgan fingerprint density at radius 2 is 1.91 bits per heavy atom. The Balaban J connectivity index is 0.00000119. The number of anilines is 1. The number of nitrogens with zero attached hydrogens (tertiary/aromatic N) is 2. The summed E-state index contributed by atoms with van der Waals surface area (Å²) in [5, 5.41) is 4.82. The van der Waals surface area contributed by atoms with Crippen LogP contribution in [-0.4, -0.2) is 21.5 Å². The second-order valence-corrected chi connectivity index (χ2v) is 8.56. The van der Waals surface area contributed by atoms with Crippen LogP contribution in [0.1, 0.15) is 74.8 Å². The van der Waals surface area contributed by atoms with Gasteiger partial charge in [-0.25, -0.2) is 0 Å². The maximum absolute atomic E-state index is 12.7. The molecule has 5 rings (SSSR count). The average molecular weight is 431 g/mol. The Labute approximate surface area is 190 Å². The van der Waals surface area contributed by atoms with E-state index in [-0.39, 0.29) is 5.91 Å². The Morgan fingerprint density at radius 1 is 1.12 bits per heavy atom. The molecule has 168 valence electrons. The average Bonchev–Trinajstić information content (AvgIpc) is 3.16. The molecule has 3 heterocycles. The molecular weight excluding hydrogens is 396 g/mol. The fraction of sp³-hybridized carbons (Fsp3) is 0.407. The third kappa shape index (κ3) is 4.04. The minimum atomic E-state index is 0.160. The topological polar surface area (TPSA) is 72.9 Å². The molecule has 0 unspecified atom stereocenters. The van der Waals surface area contributed by atoms with Gasteiger partial charge in [-0.3, -0.25) is 14.3 Å². The standard InChI is InChI=1S/C25H28N4O.C2H6/c1-16(26)19-11-10-17(14-21(19)28-18-6-3-2-4-7-18)25-20-12-13-27-15-23(20)29-22(25)8-5-9-24(29)30;1-2/h10-15,18,28H,1-9,26H2;1-2H3. The van der Waals surface area contributed by atoms with Gasteiger partial charge in [-0.1, -0.05) is 51.8 Å². The number of fused-ring (bicyclic) bond motifs is 3. The second-order valence-electron chi connectivity index (χ2n) is 8.56. The van der Waals surface area contributed by atoms with Crippen LogP contribution >= 0.6 is 0 Å². The SMILES string of the molecule is C=C(N)c1ccc(-c2c3n(c4cnccc24)C(=O)CCC3)cc1NC1CCCCC1.CC. The van der Waals surface area contributed by atoms with Crippen molar-refractivity contribution in [1.82, 2.24) is 9.55 Å². The summed E-state index contributed by atoms with van der Waals surface area (Å²) in [5.41, 5.74) is 12.9. The number of nitrogens with one attached hydrogen (secondary N) is 1. The van der Waals surface area contributed by atoms with Crippen molar-refractivity contribution in [3.8, 4) is 11.1 Å². The van der Waals surface area contributed by atoms with Gasteiger partial charge in [0.2, 0.25) is 5.91 Å². The summed E-state index contributed by atoms with van der Waals surface area (Å²) in [6.07, 6.45) is 12.2. The van der Waals surface area contributed by atoms with Crippen LogP contribution in [0.4, 0.5) is 5.69 Å². The molecule has 2 aromatic heterocycles. The van der Waals surface area contributed by atoms with Crippen LogP contribution in [0.5, 0.6) is 0 Å². The number of aromatic nitrogens is 2. The fourth-order valence-electron chi connectivity index (χ4n) is 5.12. The van der Waals surface area contributed by atoms with Crippen LogP contribution in [0.15, 0.2) is 43.2 Å². The first-order valence-electron chi connectivity index (χ1n) is 12.0. The van der Waals surface area contributed by atoms with Crippen molar-refractivity contribution in [3.63, 3.8) is 0 Å². The monoisotopic (exact) mass is 430 g/mol. The number of benzene rings is 1. The van der Waals surface area contributed by atoms with Gasteiger partial charge in [0.15, 0.2) is 0 Å². The lowest BCUT2D eigenvalue weighted by atomic mass is 9.93. The van der Waals surface area contributed by atoms with Gasteiger partial charge in [-0.15, -0.1) is 0 Å². The molecule has 0 bridgehead atoms. The van der Waals surface area contributed by atoms with Gasteiger partial charge in [0.1, 0.15) is 0 Å². The number of hydrogen-bond acceptors (Lipinski definition) is 4. The zero-order chi connectivity index (χ0) is 22.7. The molecule has 1 fully saturated rings. The summed E-state index contributed by atoms with van der Waals surface area (Å²) >= 11 is 0. The second kappa shape index (κ2) is 9.60. The predicted octanol–water partition coefficient (Wildman–Crippen LogP) is 6.38. The smallest absolute Gasteiger partial charge is 0.231 e. The minimum absolute atomic E-state index is 0.160. The molecule has 3 aromatic rings. The van der Waals surface area contributed by atoms with E-state index in [4.69, 9.17) is 5.73 Å². The van der Waals surface area contributed by atoms with Crippen LogP contribution in [0.2, 0.25) is 0 Å². The van der Waals surface area contributed by atoms with Gasteiger partial charge >= 0.3 is 0 Å². The van der Waals surface area contributed by atoms with Crippen molar-refractivity contribution < 1.29 is 4.79 Å². The number of rotatable bonds is 4. The largest absolute Gasteiger partial charge is 0.399 e. The molecule has 1 aliphatic carbocycles. The Hall–Kier alpha value is -3.08. The summed E-state index contributed by atoms with van der Waals surface area (Å²) in [4.78, 5) is 17.0. The summed E-state index contributed by atoms with van der Waals surface area (Å²) in [5.74, 6) is 0.160. The normalized spacial score (nSPS) is 16.2.